The molecule has 36 heavy (non-hydrogen) atoms. The number of fused-ring (bicyclic) bond motifs is 1. The van der Waals surface area contributed by atoms with Crippen LogP contribution < -0.4 is 21.3 Å². The monoisotopic (exact) mass is 506 g/mol. The number of anilines is 1. The van der Waals surface area contributed by atoms with Gasteiger partial charge in [0.2, 0.25) is 15.9 Å². The van der Waals surface area contributed by atoms with Crippen LogP contribution in [0.25, 0.3) is 10.9 Å². The van der Waals surface area contributed by atoms with Crippen LogP contribution >= 0.6 is 0 Å². The van der Waals surface area contributed by atoms with E-state index in [4.69, 9.17) is 0 Å². The van der Waals surface area contributed by atoms with Crippen LogP contribution in [-0.4, -0.2) is 23.5 Å². The predicted molar refractivity (Wildman–Crippen MR) is 138 cm³/mol. The lowest BCUT2D eigenvalue weighted by molar-refractivity contribution is -0.117. The van der Waals surface area contributed by atoms with E-state index in [1.807, 2.05) is 26.0 Å². The molecule has 0 spiro atoms. The summed E-state index contributed by atoms with van der Waals surface area (Å²) in [4.78, 5) is 38.0. The second kappa shape index (κ2) is 9.56. The fourth-order valence-electron chi connectivity index (χ4n) is 4.04. The Morgan fingerprint density at radius 1 is 0.889 bits per heavy atom. The molecule has 10 heteroatoms. The molecule has 0 aliphatic rings. The number of sulfonamides is 1. The Labute approximate surface area is 208 Å². The Morgan fingerprint density at radius 3 is 2.25 bits per heavy atom. The van der Waals surface area contributed by atoms with Crippen molar-refractivity contribution in [3.8, 4) is 0 Å². The molecule has 0 saturated heterocycles. The van der Waals surface area contributed by atoms with E-state index in [9.17, 15) is 22.8 Å². The highest BCUT2D eigenvalue weighted by Gasteiger charge is 2.28. The Hall–Kier alpha value is -4.02. The van der Waals surface area contributed by atoms with Crippen molar-refractivity contribution in [1.29, 1.82) is 0 Å². The van der Waals surface area contributed by atoms with Crippen LogP contribution in [0.2, 0.25) is 0 Å². The van der Waals surface area contributed by atoms with Crippen molar-refractivity contribution < 1.29 is 13.2 Å². The highest BCUT2D eigenvalue weighted by atomic mass is 32.2. The number of aryl methyl sites for hydroxylation is 3. The summed E-state index contributed by atoms with van der Waals surface area (Å²) in [6, 6.07) is 16.7. The summed E-state index contributed by atoms with van der Waals surface area (Å²) in [6.45, 7) is 3.79. The second-order valence-corrected chi connectivity index (χ2v) is 10.4. The molecule has 0 saturated carbocycles. The zero-order valence-corrected chi connectivity index (χ0v) is 21.1. The summed E-state index contributed by atoms with van der Waals surface area (Å²) in [5.74, 6) is -0.559. The molecule has 0 aliphatic heterocycles. The number of nitrogens with zero attached hydrogens (tertiary/aromatic N) is 2. The molecule has 1 heterocycles. The maximum absolute atomic E-state index is 13.4. The summed E-state index contributed by atoms with van der Waals surface area (Å²) in [5.41, 5.74) is 2.06. The Morgan fingerprint density at radius 2 is 1.58 bits per heavy atom. The van der Waals surface area contributed by atoms with Gasteiger partial charge in [0, 0.05) is 19.8 Å². The maximum Gasteiger partial charge on any atom is 0.330 e. The highest BCUT2D eigenvalue weighted by molar-refractivity contribution is 7.89. The Kier molecular flexibility index (Phi) is 6.66. The molecule has 1 amide bonds. The number of carbonyl (C=O) groups excluding carboxylic acids is 1. The number of hydrogen-bond donors (Lipinski definition) is 2. The van der Waals surface area contributed by atoms with Crippen LogP contribution in [0, 0.1) is 13.8 Å². The van der Waals surface area contributed by atoms with Gasteiger partial charge in [0.05, 0.1) is 15.8 Å². The normalized spacial score (nSPS) is 12.4. The minimum Gasteiger partial charge on any atom is -0.324 e. The molecule has 0 aliphatic carbocycles. The van der Waals surface area contributed by atoms with Crippen molar-refractivity contribution in [1.82, 2.24) is 13.9 Å². The van der Waals surface area contributed by atoms with Crippen LogP contribution in [0.15, 0.2) is 81.2 Å². The van der Waals surface area contributed by atoms with Gasteiger partial charge in [-0.3, -0.25) is 18.7 Å². The van der Waals surface area contributed by atoms with E-state index in [1.54, 1.807) is 36.4 Å². The number of carbonyl (C=O) groups is 1. The largest absolute Gasteiger partial charge is 0.330 e. The zero-order chi connectivity index (χ0) is 26.2. The third kappa shape index (κ3) is 4.73. The minimum atomic E-state index is -4.25. The first kappa shape index (κ1) is 25.1. The first-order chi connectivity index (χ1) is 17.0. The minimum absolute atomic E-state index is 0.0680. The fourth-order valence-corrected chi connectivity index (χ4v) is 5.25. The van der Waals surface area contributed by atoms with Crippen molar-refractivity contribution in [2.75, 3.05) is 5.32 Å². The van der Waals surface area contributed by atoms with Crippen molar-refractivity contribution >= 4 is 32.5 Å². The quantitative estimate of drug-likeness (QED) is 0.417. The van der Waals surface area contributed by atoms with Gasteiger partial charge in [-0.25, -0.2) is 13.2 Å². The lowest BCUT2D eigenvalue weighted by Gasteiger charge is -2.20. The molecule has 0 unspecified atom stereocenters. The molecule has 0 radical (unpaired) electrons. The van der Waals surface area contributed by atoms with E-state index >= 15 is 0 Å². The molecule has 4 rings (SSSR count). The highest BCUT2D eigenvalue weighted by Crippen LogP contribution is 2.23. The molecule has 1 atom stereocenters. The number of benzene rings is 3. The lowest BCUT2D eigenvalue weighted by Crippen LogP contribution is -2.38. The molecule has 4 aromatic rings. The average Bonchev–Trinajstić information content (AvgIpc) is 2.86. The third-order valence-corrected chi connectivity index (χ3v) is 7.48. The van der Waals surface area contributed by atoms with Gasteiger partial charge in [0.15, 0.2) is 0 Å². The summed E-state index contributed by atoms with van der Waals surface area (Å²) >= 11 is 0. The van der Waals surface area contributed by atoms with E-state index in [0.717, 1.165) is 15.7 Å². The fraction of sp³-hybridized carbons (Fsp3) is 0.192. The zero-order valence-electron chi connectivity index (χ0n) is 20.3. The van der Waals surface area contributed by atoms with Crippen LogP contribution in [0.1, 0.15) is 22.7 Å². The SMILES string of the molecule is Cc1ccc(NC(=O)[C@@H](NS(=O)(=O)c2ccc3c(c2)c(=O)n(C)c(=O)n3C)c2ccccc2)c(C)c1. The first-order valence-corrected chi connectivity index (χ1v) is 12.6. The maximum atomic E-state index is 13.4. The number of hydrogen-bond acceptors (Lipinski definition) is 5. The van der Waals surface area contributed by atoms with Crippen molar-refractivity contribution in [3.05, 3.63) is 104 Å². The molecule has 1 aromatic heterocycles. The molecule has 3 aromatic carbocycles. The summed E-state index contributed by atoms with van der Waals surface area (Å²) in [5, 5.41) is 2.88. The third-order valence-electron chi connectivity index (χ3n) is 6.06. The van der Waals surface area contributed by atoms with Gasteiger partial charge in [-0.05, 0) is 49.2 Å². The first-order valence-electron chi connectivity index (χ1n) is 11.1. The second-order valence-electron chi connectivity index (χ2n) is 8.66. The van der Waals surface area contributed by atoms with Gasteiger partial charge in [0.25, 0.3) is 5.56 Å². The van der Waals surface area contributed by atoms with Crippen LogP contribution in [0.3, 0.4) is 0 Å². The topological polar surface area (TPSA) is 119 Å². The van der Waals surface area contributed by atoms with Gasteiger partial charge in [-0.2, -0.15) is 4.72 Å². The average molecular weight is 507 g/mol. The molecular formula is C26H26N4O5S. The summed E-state index contributed by atoms with van der Waals surface area (Å²) in [7, 11) is -1.43. The van der Waals surface area contributed by atoms with Crippen molar-refractivity contribution in [3.63, 3.8) is 0 Å². The Balaban J connectivity index is 1.75. The van der Waals surface area contributed by atoms with Crippen LogP contribution in [0.5, 0.6) is 0 Å². The molecule has 186 valence electrons. The molecule has 2 N–H and O–H groups in total. The molecular weight excluding hydrogens is 480 g/mol. The predicted octanol–water partition coefficient (Wildman–Crippen LogP) is 2.51. The van der Waals surface area contributed by atoms with Gasteiger partial charge in [0.1, 0.15) is 6.04 Å². The summed E-state index contributed by atoms with van der Waals surface area (Å²) in [6.07, 6.45) is 0. The van der Waals surface area contributed by atoms with Crippen molar-refractivity contribution in [2.24, 2.45) is 14.1 Å². The van der Waals surface area contributed by atoms with Crippen LogP contribution in [0.4, 0.5) is 5.69 Å². The summed E-state index contributed by atoms with van der Waals surface area (Å²) < 4.78 is 31.5. The van der Waals surface area contributed by atoms with E-state index < -0.39 is 33.2 Å². The van der Waals surface area contributed by atoms with Crippen LogP contribution in [-0.2, 0) is 28.9 Å². The Bertz CT molecular complexity index is 1710. The molecule has 9 nitrogen and oxygen atoms in total. The molecule has 0 bridgehead atoms. The van der Waals surface area contributed by atoms with E-state index in [0.29, 0.717) is 16.8 Å². The number of nitrogens with one attached hydrogen (secondary N) is 2. The smallest absolute Gasteiger partial charge is 0.324 e. The van der Waals surface area contributed by atoms with Gasteiger partial charge >= 0.3 is 5.69 Å². The van der Waals surface area contributed by atoms with E-state index in [2.05, 4.69) is 10.0 Å². The van der Waals surface area contributed by atoms with Gasteiger partial charge < -0.3 is 5.32 Å². The number of aromatic nitrogens is 2. The molecule has 0 fully saturated rings. The van der Waals surface area contributed by atoms with Gasteiger partial charge in [-0.15, -0.1) is 0 Å². The van der Waals surface area contributed by atoms with Crippen molar-refractivity contribution in [2.45, 2.75) is 24.8 Å². The number of amides is 1. The number of rotatable bonds is 6. The van der Waals surface area contributed by atoms with Gasteiger partial charge in [-0.1, -0.05) is 48.0 Å². The lowest BCUT2D eigenvalue weighted by atomic mass is 10.1. The van der Waals surface area contributed by atoms with E-state index in [-0.39, 0.29) is 10.3 Å². The van der Waals surface area contributed by atoms with E-state index in [1.165, 1.54) is 36.9 Å². The standard InChI is InChI=1S/C26H26N4O5S/c1-16-10-12-21(17(2)14-16)27-24(31)23(18-8-6-5-7-9-18)28-36(34,35)19-11-13-22-20(15-19)25(32)30(4)26(33)29(22)3/h5-15,23,28H,1-4H3,(H,27,31)/t23-/m0/s1.